The van der Waals surface area contributed by atoms with Gasteiger partial charge >= 0.3 is 0 Å². The molecule has 0 aliphatic heterocycles. The number of nitrogens with zero attached hydrogens (tertiary/aromatic N) is 1. The predicted molar refractivity (Wildman–Crippen MR) is 58.6 cm³/mol. The molecule has 1 heterocycles. The summed E-state index contributed by atoms with van der Waals surface area (Å²) in [4.78, 5) is 11.6. The Balaban J connectivity index is 2.32. The van der Waals surface area contributed by atoms with Gasteiger partial charge in [-0.05, 0) is 12.5 Å². The van der Waals surface area contributed by atoms with Gasteiger partial charge in [0.05, 0.1) is 12.1 Å². The van der Waals surface area contributed by atoms with E-state index < -0.39 is 29.7 Å². The van der Waals surface area contributed by atoms with Crippen molar-refractivity contribution in [3.05, 3.63) is 28.7 Å². The number of aromatic hydroxyl groups is 1. The summed E-state index contributed by atoms with van der Waals surface area (Å²) in [5.74, 6) is -0.575. The van der Waals surface area contributed by atoms with E-state index in [0.29, 0.717) is 6.42 Å². The normalized spacial score (nSPS) is 32.9. The summed E-state index contributed by atoms with van der Waals surface area (Å²) in [5.41, 5.74) is -0.445. The number of hydrogen-bond donors (Lipinski definition) is 4. The summed E-state index contributed by atoms with van der Waals surface area (Å²) in [6, 6.07) is 1.81. The second kappa shape index (κ2) is 4.48. The van der Waals surface area contributed by atoms with Gasteiger partial charge in [-0.15, -0.1) is 0 Å². The summed E-state index contributed by atoms with van der Waals surface area (Å²) in [5, 5.41) is 37.6. The maximum Gasteiger partial charge on any atom is 0.254 e. The fraction of sp³-hybridized carbons (Fsp3) is 0.545. The van der Waals surface area contributed by atoms with Crippen LogP contribution < -0.4 is 5.56 Å². The van der Waals surface area contributed by atoms with Crippen LogP contribution in [-0.4, -0.2) is 43.8 Å². The molecular formula is C11H15NO5. The molecule has 2 rings (SSSR count). The first-order valence-electron chi connectivity index (χ1n) is 5.42. The Bertz CT molecular complexity index is 457. The Labute approximate surface area is 97.4 Å². The lowest BCUT2D eigenvalue weighted by Crippen LogP contribution is -2.33. The van der Waals surface area contributed by atoms with E-state index in [4.69, 9.17) is 10.2 Å². The molecule has 0 radical (unpaired) electrons. The van der Waals surface area contributed by atoms with Crippen LogP contribution in [0.4, 0.5) is 0 Å². The second-order valence-electron chi connectivity index (χ2n) is 4.36. The van der Waals surface area contributed by atoms with E-state index in [2.05, 4.69) is 0 Å². The second-order valence-corrected chi connectivity index (χ2v) is 4.36. The van der Waals surface area contributed by atoms with Crippen molar-refractivity contribution in [1.82, 2.24) is 4.57 Å². The summed E-state index contributed by atoms with van der Waals surface area (Å²) < 4.78 is 1.27. The summed E-state index contributed by atoms with van der Waals surface area (Å²) >= 11 is 0. The molecule has 94 valence electrons. The Morgan fingerprint density at radius 3 is 2.59 bits per heavy atom. The maximum absolute atomic E-state index is 11.6. The molecule has 1 aromatic rings. The number of rotatable bonds is 2. The zero-order valence-corrected chi connectivity index (χ0v) is 9.10. The lowest BCUT2D eigenvalue weighted by molar-refractivity contribution is -0.00442. The van der Waals surface area contributed by atoms with Crippen molar-refractivity contribution in [2.24, 2.45) is 5.92 Å². The average molecular weight is 241 g/mol. The van der Waals surface area contributed by atoms with Crippen LogP contribution in [0.1, 0.15) is 12.5 Å². The molecule has 4 atom stereocenters. The van der Waals surface area contributed by atoms with Gasteiger partial charge < -0.3 is 25.0 Å². The van der Waals surface area contributed by atoms with Crippen molar-refractivity contribution >= 4 is 0 Å². The molecule has 0 unspecified atom stereocenters. The third-order valence-electron chi connectivity index (χ3n) is 3.29. The zero-order chi connectivity index (χ0) is 12.6. The van der Waals surface area contributed by atoms with E-state index in [1.54, 1.807) is 0 Å². The van der Waals surface area contributed by atoms with Gasteiger partial charge in [0.25, 0.3) is 5.56 Å². The highest BCUT2D eigenvalue weighted by Crippen LogP contribution is 2.34. The monoisotopic (exact) mass is 241 g/mol. The largest absolute Gasteiger partial charge is 0.508 e. The molecule has 6 heteroatoms. The van der Waals surface area contributed by atoms with Crippen molar-refractivity contribution in [2.45, 2.75) is 24.7 Å². The topological polar surface area (TPSA) is 103 Å². The molecule has 1 aliphatic carbocycles. The lowest BCUT2D eigenvalue weighted by atomic mass is 10.1. The van der Waals surface area contributed by atoms with E-state index >= 15 is 0 Å². The van der Waals surface area contributed by atoms with Crippen molar-refractivity contribution in [3.8, 4) is 5.75 Å². The lowest BCUT2D eigenvalue weighted by Gasteiger charge is -2.18. The van der Waals surface area contributed by atoms with Gasteiger partial charge in [-0.25, -0.2) is 0 Å². The van der Waals surface area contributed by atoms with Gasteiger partial charge in [-0.3, -0.25) is 4.79 Å². The van der Waals surface area contributed by atoms with Crippen LogP contribution in [-0.2, 0) is 0 Å². The number of pyridine rings is 1. The Hall–Kier alpha value is -1.37. The quantitative estimate of drug-likeness (QED) is 0.522. The molecule has 1 aromatic heterocycles. The SMILES string of the molecule is O=c1cc(O)ccn1[C@@H]1C[C@H](CO)[C@@H](O)[C@H]1O. The van der Waals surface area contributed by atoms with Crippen LogP contribution in [0.5, 0.6) is 5.75 Å². The molecule has 1 saturated carbocycles. The zero-order valence-electron chi connectivity index (χ0n) is 9.10. The molecule has 17 heavy (non-hydrogen) atoms. The highest BCUT2D eigenvalue weighted by Gasteiger charge is 2.42. The number of aliphatic hydroxyl groups is 3. The van der Waals surface area contributed by atoms with Gasteiger partial charge in [0, 0.05) is 24.8 Å². The minimum absolute atomic E-state index is 0.141. The third kappa shape index (κ3) is 2.06. The number of aromatic nitrogens is 1. The number of hydrogen-bond acceptors (Lipinski definition) is 5. The molecule has 0 amide bonds. The van der Waals surface area contributed by atoms with Crippen LogP contribution in [0.3, 0.4) is 0 Å². The van der Waals surface area contributed by atoms with Crippen molar-refractivity contribution in [1.29, 1.82) is 0 Å². The van der Waals surface area contributed by atoms with Gasteiger partial charge in [-0.1, -0.05) is 0 Å². The van der Waals surface area contributed by atoms with E-state index in [9.17, 15) is 15.0 Å². The molecule has 4 N–H and O–H groups in total. The Kier molecular flexibility index (Phi) is 3.19. The fourth-order valence-electron chi connectivity index (χ4n) is 2.31. The minimum atomic E-state index is -1.09. The van der Waals surface area contributed by atoms with Crippen LogP contribution in [0.25, 0.3) is 0 Å². The van der Waals surface area contributed by atoms with Crippen LogP contribution in [0, 0.1) is 5.92 Å². The Morgan fingerprint density at radius 2 is 2.06 bits per heavy atom. The molecular weight excluding hydrogens is 226 g/mol. The van der Waals surface area contributed by atoms with Gasteiger partial charge in [-0.2, -0.15) is 0 Å². The minimum Gasteiger partial charge on any atom is -0.508 e. The molecule has 0 bridgehead atoms. The first kappa shape index (κ1) is 12.1. The van der Waals surface area contributed by atoms with Gasteiger partial charge in [0.15, 0.2) is 0 Å². The van der Waals surface area contributed by atoms with Crippen LogP contribution >= 0.6 is 0 Å². The summed E-state index contributed by atoms with van der Waals surface area (Å²) in [6.07, 6.45) is -0.429. The molecule has 0 aromatic carbocycles. The highest BCUT2D eigenvalue weighted by atomic mass is 16.3. The summed E-state index contributed by atoms with van der Waals surface area (Å²) in [7, 11) is 0. The third-order valence-corrected chi connectivity index (χ3v) is 3.29. The van der Waals surface area contributed by atoms with E-state index in [0.717, 1.165) is 6.07 Å². The van der Waals surface area contributed by atoms with E-state index in [1.165, 1.54) is 16.8 Å². The summed E-state index contributed by atoms with van der Waals surface area (Å²) in [6.45, 7) is -0.235. The standard InChI is InChI=1S/C11H15NO5/c13-5-6-3-8(11(17)10(6)16)12-2-1-7(14)4-9(12)15/h1-2,4,6,8,10-11,13-14,16-17H,3,5H2/t6-,8-,10-,11+/m1/s1. The predicted octanol–water partition coefficient (Wildman–Crippen LogP) is -1.17. The van der Waals surface area contributed by atoms with E-state index in [1.807, 2.05) is 0 Å². The van der Waals surface area contributed by atoms with Crippen molar-refractivity contribution < 1.29 is 20.4 Å². The van der Waals surface area contributed by atoms with Crippen molar-refractivity contribution in [3.63, 3.8) is 0 Å². The smallest absolute Gasteiger partial charge is 0.254 e. The molecule has 1 aliphatic rings. The van der Waals surface area contributed by atoms with Crippen LogP contribution in [0.2, 0.25) is 0 Å². The molecule has 1 fully saturated rings. The van der Waals surface area contributed by atoms with Crippen molar-refractivity contribution in [2.75, 3.05) is 6.61 Å². The van der Waals surface area contributed by atoms with Gasteiger partial charge in [0.1, 0.15) is 11.9 Å². The molecule has 0 saturated heterocycles. The molecule has 0 spiro atoms. The van der Waals surface area contributed by atoms with Crippen LogP contribution in [0.15, 0.2) is 23.1 Å². The highest BCUT2D eigenvalue weighted by molar-refractivity contribution is 5.16. The first-order valence-corrected chi connectivity index (χ1v) is 5.42. The average Bonchev–Trinajstić information content (AvgIpc) is 2.57. The van der Waals surface area contributed by atoms with E-state index in [-0.39, 0.29) is 12.4 Å². The maximum atomic E-state index is 11.6. The fourth-order valence-corrected chi connectivity index (χ4v) is 2.31. The first-order chi connectivity index (χ1) is 8.04. The van der Waals surface area contributed by atoms with Gasteiger partial charge in [0.2, 0.25) is 0 Å². The molecule has 6 nitrogen and oxygen atoms in total. The Morgan fingerprint density at radius 1 is 1.35 bits per heavy atom. The number of aliphatic hydroxyl groups excluding tert-OH is 3.